The van der Waals surface area contributed by atoms with Crippen molar-refractivity contribution >= 4 is 11.6 Å². The largest absolute Gasteiger partial charge is 0.371 e. The maximum Gasteiger partial charge on any atom is 0.137 e. The first-order valence-corrected chi connectivity index (χ1v) is 7.23. The summed E-state index contributed by atoms with van der Waals surface area (Å²) in [6.45, 7) is 7.13. The molecule has 0 amide bonds. The third-order valence-electron chi connectivity index (χ3n) is 3.94. The van der Waals surface area contributed by atoms with Gasteiger partial charge in [0.15, 0.2) is 0 Å². The second-order valence-corrected chi connectivity index (χ2v) is 5.46. The predicted octanol–water partition coefficient (Wildman–Crippen LogP) is 1.97. The summed E-state index contributed by atoms with van der Waals surface area (Å²) in [7, 11) is 0. The van der Waals surface area contributed by atoms with Crippen LogP contribution in [0.25, 0.3) is 0 Å². The second kappa shape index (κ2) is 5.33. The minimum absolute atomic E-state index is 0.389. The van der Waals surface area contributed by atoms with E-state index >= 15 is 0 Å². The SMILES string of the molecule is CCCNc1ncnc(N2CC3CCC(C2)O3)c1C. The Balaban J connectivity index is 1.80. The van der Waals surface area contributed by atoms with Crippen molar-refractivity contribution in [1.29, 1.82) is 0 Å². The molecule has 0 aliphatic carbocycles. The zero-order valence-corrected chi connectivity index (χ0v) is 11.7. The van der Waals surface area contributed by atoms with E-state index in [9.17, 15) is 0 Å². The molecule has 2 aliphatic rings. The van der Waals surface area contributed by atoms with E-state index < -0.39 is 0 Å². The Bertz CT molecular complexity index is 439. The van der Waals surface area contributed by atoms with Crippen LogP contribution in [0.2, 0.25) is 0 Å². The summed E-state index contributed by atoms with van der Waals surface area (Å²) in [6, 6.07) is 0. The van der Waals surface area contributed by atoms with Gasteiger partial charge in [0.1, 0.15) is 18.0 Å². The second-order valence-electron chi connectivity index (χ2n) is 5.46. The van der Waals surface area contributed by atoms with Crippen LogP contribution in [0, 0.1) is 6.92 Å². The Hall–Kier alpha value is -1.36. The molecule has 0 spiro atoms. The molecule has 0 saturated carbocycles. The lowest BCUT2D eigenvalue weighted by Gasteiger charge is -2.34. The zero-order chi connectivity index (χ0) is 13.2. The first kappa shape index (κ1) is 12.7. The number of anilines is 2. The number of rotatable bonds is 4. The van der Waals surface area contributed by atoms with Crippen molar-refractivity contribution < 1.29 is 4.74 Å². The van der Waals surface area contributed by atoms with Gasteiger partial charge in [-0.15, -0.1) is 0 Å². The van der Waals surface area contributed by atoms with E-state index in [1.165, 1.54) is 12.8 Å². The highest BCUT2D eigenvalue weighted by atomic mass is 16.5. The van der Waals surface area contributed by atoms with Gasteiger partial charge in [0.25, 0.3) is 0 Å². The summed E-state index contributed by atoms with van der Waals surface area (Å²) in [5.41, 5.74) is 1.15. The lowest BCUT2D eigenvalue weighted by molar-refractivity contribution is 0.0302. The maximum atomic E-state index is 5.88. The van der Waals surface area contributed by atoms with Crippen LogP contribution in [0.1, 0.15) is 31.7 Å². The van der Waals surface area contributed by atoms with Crippen LogP contribution >= 0.6 is 0 Å². The molecule has 19 heavy (non-hydrogen) atoms. The fourth-order valence-electron chi connectivity index (χ4n) is 2.97. The highest BCUT2D eigenvalue weighted by Gasteiger charge is 2.34. The average Bonchev–Trinajstić information content (AvgIpc) is 2.76. The van der Waals surface area contributed by atoms with Gasteiger partial charge in [0, 0.05) is 25.2 Å². The highest BCUT2D eigenvalue weighted by molar-refractivity contribution is 5.58. The van der Waals surface area contributed by atoms with Crippen molar-refractivity contribution in [2.45, 2.75) is 45.3 Å². The molecule has 5 heteroatoms. The first-order chi connectivity index (χ1) is 9.28. The van der Waals surface area contributed by atoms with Crippen molar-refractivity contribution in [1.82, 2.24) is 9.97 Å². The lowest BCUT2D eigenvalue weighted by atomic mass is 10.2. The standard InChI is InChI=1S/C14H22N4O/c1-3-6-15-13-10(2)14(17-9-16-13)18-7-11-4-5-12(8-18)19-11/h9,11-12H,3-8H2,1-2H3,(H,15,16,17). The molecular formula is C14H22N4O. The molecular weight excluding hydrogens is 240 g/mol. The number of nitrogens with zero attached hydrogens (tertiary/aromatic N) is 3. The number of ether oxygens (including phenoxy) is 1. The third-order valence-corrected chi connectivity index (χ3v) is 3.94. The summed E-state index contributed by atoms with van der Waals surface area (Å²) in [5.74, 6) is 2.03. The number of hydrogen-bond acceptors (Lipinski definition) is 5. The van der Waals surface area contributed by atoms with E-state index in [-0.39, 0.29) is 0 Å². The summed E-state index contributed by atoms with van der Waals surface area (Å²) in [5, 5.41) is 3.37. The lowest BCUT2D eigenvalue weighted by Crippen LogP contribution is -2.43. The molecule has 0 aromatic carbocycles. The Morgan fingerprint density at radius 2 is 2.05 bits per heavy atom. The predicted molar refractivity (Wildman–Crippen MR) is 75.7 cm³/mol. The van der Waals surface area contributed by atoms with E-state index in [1.807, 2.05) is 0 Å². The number of fused-ring (bicyclic) bond motifs is 2. The summed E-state index contributed by atoms with van der Waals surface area (Å²) in [4.78, 5) is 11.2. The number of morpholine rings is 1. The Morgan fingerprint density at radius 3 is 2.74 bits per heavy atom. The molecule has 5 nitrogen and oxygen atoms in total. The van der Waals surface area contributed by atoms with Gasteiger partial charge in [-0.05, 0) is 26.2 Å². The number of nitrogens with one attached hydrogen (secondary N) is 1. The van der Waals surface area contributed by atoms with Crippen LogP contribution < -0.4 is 10.2 Å². The van der Waals surface area contributed by atoms with Crippen LogP contribution in [-0.4, -0.2) is 41.8 Å². The highest BCUT2D eigenvalue weighted by Crippen LogP contribution is 2.31. The Morgan fingerprint density at radius 1 is 1.32 bits per heavy atom. The van der Waals surface area contributed by atoms with Gasteiger partial charge in [-0.1, -0.05) is 6.92 Å². The van der Waals surface area contributed by atoms with Crippen molar-refractivity contribution in [3.8, 4) is 0 Å². The topological polar surface area (TPSA) is 50.3 Å². The fourth-order valence-corrected chi connectivity index (χ4v) is 2.97. The Kier molecular flexibility index (Phi) is 3.55. The monoisotopic (exact) mass is 262 g/mol. The molecule has 1 aromatic rings. The molecule has 2 atom stereocenters. The van der Waals surface area contributed by atoms with E-state index in [0.717, 1.165) is 43.3 Å². The van der Waals surface area contributed by atoms with Crippen molar-refractivity contribution in [3.63, 3.8) is 0 Å². The van der Waals surface area contributed by atoms with Crippen molar-refractivity contribution in [3.05, 3.63) is 11.9 Å². The van der Waals surface area contributed by atoms with Gasteiger partial charge in [-0.25, -0.2) is 9.97 Å². The summed E-state index contributed by atoms with van der Waals surface area (Å²) < 4.78 is 5.88. The molecule has 2 saturated heterocycles. The fraction of sp³-hybridized carbons (Fsp3) is 0.714. The van der Waals surface area contributed by atoms with E-state index in [2.05, 4.69) is 34.0 Å². The number of hydrogen-bond donors (Lipinski definition) is 1. The average molecular weight is 262 g/mol. The molecule has 104 valence electrons. The van der Waals surface area contributed by atoms with Crippen molar-refractivity contribution in [2.75, 3.05) is 29.9 Å². The minimum Gasteiger partial charge on any atom is -0.371 e. The summed E-state index contributed by atoms with van der Waals surface area (Å²) >= 11 is 0. The van der Waals surface area contributed by atoms with E-state index in [1.54, 1.807) is 6.33 Å². The quantitative estimate of drug-likeness (QED) is 0.899. The molecule has 1 aromatic heterocycles. The smallest absolute Gasteiger partial charge is 0.137 e. The molecule has 2 aliphatic heterocycles. The van der Waals surface area contributed by atoms with Gasteiger partial charge >= 0.3 is 0 Å². The van der Waals surface area contributed by atoms with Gasteiger partial charge in [-0.2, -0.15) is 0 Å². The minimum atomic E-state index is 0.389. The first-order valence-electron chi connectivity index (χ1n) is 7.23. The van der Waals surface area contributed by atoms with Gasteiger partial charge in [0.05, 0.1) is 12.2 Å². The molecule has 1 N–H and O–H groups in total. The normalized spacial score (nSPS) is 25.7. The van der Waals surface area contributed by atoms with Crippen LogP contribution in [0.3, 0.4) is 0 Å². The third kappa shape index (κ3) is 2.52. The van der Waals surface area contributed by atoms with Gasteiger partial charge in [0.2, 0.25) is 0 Å². The maximum absolute atomic E-state index is 5.88. The number of aromatic nitrogens is 2. The Labute approximate surface area is 114 Å². The summed E-state index contributed by atoms with van der Waals surface area (Å²) in [6.07, 6.45) is 5.91. The van der Waals surface area contributed by atoms with Gasteiger partial charge < -0.3 is 15.0 Å². The van der Waals surface area contributed by atoms with Crippen LogP contribution in [0.4, 0.5) is 11.6 Å². The van der Waals surface area contributed by atoms with E-state index in [4.69, 9.17) is 4.74 Å². The van der Waals surface area contributed by atoms with Crippen LogP contribution in [0.15, 0.2) is 6.33 Å². The van der Waals surface area contributed by atoms with Crippen molar-refractivity contribution in [2.24, 2.45) is 0 Å². The van der Waals surface area contributed by atoms with E-state index in [0.29, 0.717) is 12.2 Å². The molecule has 0 radical (unpaired) electrons. The van der Waals surface area contributed by atoms with Crippen LogP contribution in [0.5, 0.6) is 0 Å². The molecule has 2 bridgehead atoms. The molecule has 2 fully saturated rings. The zero-order valence-electron chi connectivity index (χ0n) is 11.7. The van der Waals surface area contributed by atoms with Gasteiger partial charge in [-0.3, -0.25) is 0 Å². The molecule has 3 heterocycles. The molecule has 3 rings (SSSR count). The molecule has 2 unspecified atom stereocenters. The van der Waals surface area contributed by atoms with Crippen LogP contribution in [-0.2, 0) is 4.74 Å².